The minimum atomic E-state index is -0.249. The van der Waals surface area contributed by atoms with Crippen LogP contribution in [0.15, 0.2) is 24.3 Å². The van der Waals surface area contributed by atoms with Crippen molar-refractivity contribution < 1.29 is 14.3 Å². The Hall–Kier alpha value is -1.92. The Kier molecular flexibility index (Phi) is 4.48. The molecular weight excluding hydrogens is 318 g/mol. The van der Waals surface area contributed by atoms with Gasteiger partial charge in [0.05, 0.1) is 18.6 Å². The summed E-state index contributed by atoms with van der Waals surface area (Å²) in [4.78, 5) is 27.1. The normalized spacial score (nSPS) is 30.0. The number of benzene rings is 1. The second-order valence-electron chi connectivity index (χ2n) is 7.22. The van der Waals surface area contributed by atoms with E-state index in [0.29, 0.717) is 25.6 Å². The van der Waals surface area contributed by atoms with Gasteiger partial charge >= 0.3 is 0 Å². The number of likely N-dealkylation sites (tertiary alicyclic amines) is 1. The summed E-state index contributed by atoms with van der Waals surface area (Å²) in [6.07, 6.45) is 1.63. The summed E-state index contributed by atoms with van der Waals surface area (Å²) in [5.41, 5.74) is 2.04. The van der Waals surface area contributed by atoms with Gasteiger partial charge in [-0.3, -0.25) is 9.59 Å². The molecule has 0 bridgehead atoms. The highest BCUT2D eigenvalue weighted by molar-refractivity contribution is 6.03. The fourth-order valence-electron chi connectivity index (χ4n) is 4.36. The number of piperidine rings is 1. The summed E-state index contributed by atoms with van der Waals surface area (Å²) in [5, 5.41) is 6.26. The van der Waals surface area contributed by atoms with Crippen molar-refractivity contribution in [2.24, 2.45) is 5.92 Å². The minimum absolute atomic E-state index is 0.0801. The zero-order chi connectivity index (χ0) is 17.4. The van der Waals surface area contributed by atoms with Gasteiger partial charge in [0, 0.05) is 25.3 Å². The molecule has 3 atom stereocenters. The number of nitrogens with one attached hydrogen (secondary N) is 2. The first kappa shape index (κ1) is 16.5. The van der Waals surface area contributed by atoms with Crippen molar-refractivity contribution >= 4 is 17.5 Å². The van der Waals surface area contributed by atoms with E-state index < -0.39 is 0 Å². The van der Waals surface area contributed by atoms with Crippen molar-refractivity contribution in [1.29, 1.82) is 0 Å². The molecule has 2 fully saturated rings. The molecule has 2 N–H and O–H groups in total. The van der Waals surface area contributed by atoms with E-state index in [9.17, 15) is 9.59 Å². The van der Waals surface area contributed by atoms with Crippen LogP contribution in [0.4, 0.5) is 5.69 Å². The molecule has 3 heterocycles. The minimum Gasteiger partial charge on any atom is -0.375 e. The van der Waals surface area contributed by atoms with Crippen molar-refractivity contribution in [2.45, 2.75) is 37.8 Å². The highest BCUT2D eigenvalue weighted by Gasteiger charge is 2.40. The molecule has 1 aromatic carbocycles. The Balaban J connectivity index is 1.40. The molecule has 6 nitrogen and oxygen atoms in total. The SMILES string of the molecule is C[C@H]1OCCN[C@@H]1C(=O)N1CCC(C2C(=O)Nc3ccccc32)CC1. The van der Waals surface area contributed by atoms with Crippen LogP contribution in [0.1, 0.15) is 31.2 Å². The lowest BCUT2D eigenvalue weighted by Gasteiger charge is -2.38. The van der Waals surface area contributed by atoms with Crippen LogP contribution >= 0.6 is 0 Å². The molecule has 4 rings (SSSR count). The van der Waals surface area contributed by atoms with Crippen LogP contribution in [0.5, 0.6) is 0 Å². The van der Waals surface area contributed by atoms with Gasteiger partial charge in [-0.15, -0.1) is 0 Å². The number of hydrogen-bond acceptors (Lipinski definition) is 4. The van der Waals surface area contributed by atoms with Gasteiger partial charge in [0.25, 0.3) is 0 Å². The molecule has 0 aromatic heterocycles. The Labute approximate surface area is 147 Å². The van der Waals surface area contributed by atoms with Crippen LogP contribution in [0, 0.1) is 5.92 Å². The predicted octanol–water partition coefficient (Wildman–Crippen LogP) is 1.34. The largest absolute Gasteiger partial charge is 0.375 e. The van der Waals surface area contributed by atoms with Crippen molar-refractivity contribution in [3.05, 3.63) is 29.8 Å². The Morgan fingerprint density at radius 1 is 1.24 bits per heavy atom. The summed E-state index contributed by atoms with van der Waals surface area (Å²) in [6.45, 7) is 4.74. The van der Waals surface area contributed by atoms with E-state index in [2.05, 4.69) is 10.6 Å². The van der Waals surface area contributed by atoms with Gasteiger partial charge in [0.2, 0.25) is 11.8 Å². The van der Waals surface area contributed by atoms with E-state index in [-0.39, 0.29) is 29.9 Å². The maximum absolute atomic E-state index is 12.8. The zero-order valence-electron chi connectivity index (χ0n) is 14.5. The summed E-state index contributed by atoms with van der Waals surface area (Å²) in [5.74, 6) is 0.438. The molecule has 2 amide bonds. The molecule has 134 valence electrons. The van der Waals surface area contributed by atoms with E-state index in [1.54, 1.807) is 0 Å². The number of rotatable bonds is 2. The van der Waals surface area contributed by atoms with E-state index in [4.69, 9.17) is 4.74 Å². The van der Waals surface area contributed by atoms with E-state index >= 15 is 0 Å². The molecule has 6 heteroatoms. The maximum atomic E-state index is 12.8. The van der Waals surface area contributed by atoms with Gasteiger partial charge in [0.15, 0.2) is 0 Å². The average Bonchev–Trinajstić information content (AvgIpc) is 2.97. The molecule has 1 aromatic rings. The number of ether oxygens (including phenoxy) is 1. The number of hydrogen-bond donors (Lipinski definition) is 2. The summed E-state index contributed by atoms with van der Waals surface area (Å²) in [7, 11) is 0. The quantitative estimate of drug-likeness (QED) is 0.850. The molecule has 25 heavy (non-hydrogen) atoms. The standard InChI is InChI=1S/C19H25N3O3/c1-12-17(20-8-11-25-12)19(24)22-9-6-13(7-10-22)16-14-4-2-3-5-15(14)21-18(16)23/h2-5,12-13,16-17,20H,6-11H2,1H3,(H,21,23)/t12-,16?,17+/m1/s1. The predicted molar refractivity (Wildman–Crippen MR) is 94.3 cm³/mol. The second kappa shape index (κ2) is 6.77. The lowest BCUT2D eigenvalue weighted by Crippen LogP contribution is -2.57. The number of nitrogens with zero attached hydrogens (tertiary/aromatic N) is 1. The third kappa shape index (κ3) is 3.04. The first-order valence-electron chi connectivity index (χ1n) is 9.18. The summed E-state index contributed by atoms with van der Waals surface area (Å²) >= 11 is 0. The highest BCUT2D eigenvalue weighted by Crippen LogP contribution is 2.41. The molecular formula is C19H25N3O3. The maximum Gasteiger partial charge on any atom is 0.242 e. The van der Waals surface area contributed by atoms with Gasteiger partial charge in [-0.2, -0.15) is 0 Å². The van der Waals surface area contributed by atoms with Crippen LogP contribution in [0.3, 0.4) is 0 Å². The van der Waals surface area contributed by atoms with Gasteiger partial charge in [-0.1, -0.05) is 18.2 Å². The monoisotopic (exact) mass is 343 g/mol. The van der Waals surface area contributed by atoms with Crippen LogP contribution in [0.25, 0.3) is 0 Å². The third-order valence-electron chi connectivity index (χ3n) is 5.74. The van der Waals surface area contributed by atoms with E-state index in [0.717, 1.165) is 30.6 Å². The molecule has 0 spiro atoms. The number of fused-ring (bicyclic) bond motifs is 1. The smallest absolute Gasteiger partial charge is 0.242 e. The first-order chi connectivity index (χ1) is 12.1. The number of para-hydroxylation sites is 1. The number of carbonyl (C=O) groups excluding carboxylic acids is 2. The Morgan fingerprint density at radius 2 is 2.00 bits per heavy atom. The number of amides is 2. The summed E-state index contributed by atoms with van der Waals surface area (Å²) in [6, 6.07) is 7.69. The number of anilines is 1. The van der Waals surface area contributed by atoms with Crippen LogP contribution in [-0.2, 0) is 14.3 Å². The second-order valence-corrected chi connectivity index (χ2v) is 7.22. The van der Waals surface area contributed by atoms with Crippen molar-refractivity contribution in [2.75, 3.05) is 31.6 Å². The topological polar surface area (TPSA) is 70.7 Å². The fourth-order valence-corrected chi connectivity index (χ4v) is 4.36. The van der Waals surface area contributed by atoms with Gasteiger partial charge < -0.3 is 20.3 Å². The first-order valence-corrected chi connectivity index (χ1v) is 9.18. The summed E-state index contributed by atoms with van der Waals surface area (Å²) < 4.78 is 5.59. The van der Waals surface area contributed by atoms with Gasteiger partial charge in [0.1, 0.15) is 6.04 Å². The Bertz CT molecular complexity index is 670. The molecule has 3 aliphatic heterocycles. The molecule has 2 saturated heterocycles. The Morgan fingerprint density at radius 3 is 2.76 bits per heavy atom. The lowest BCUT2D eigenvalue weighted by atomic mass is 9.80. The van der Waals surface area contributed by atoms with Gasteiger partial charge in [-0.05, 0) is 37.3 Å². The van der Waals surface area contributed by atoms with Crippen molar-refractivity contribution in [1.82, 2.24) is 10.2 Å². The van der Waals surface area contributed by atoms with Crippen LogP contribution in [0.2, 0.25) is 0 Å². The molecule has 0 radical (unpaired) electrons. The third-order valence-corrected chi connectivity index (χ3v) is 5.74. The van der Waals surface area contributed by atoms with Gasteiger partial charge in [-0.25, -0.2) is 0 Å². The van der Waals surface area contributed by atoms with Crippen molar-refractivity contribution in [3.63, 3.8) is 0 Å². The molecule has 1 unspecified atom stereocenters. The zero-order valence-corrected chi connectivity index (χ0v) is 14.5. The van der Waals surface area contributed by atoms with E-state index in [1.807, 2.05) is 36.1 Å². The van der Waals surface area contributed by atoms with Crippen molar-refractivity contribution in [3.8, 4) is 0 Å². The average molecular weight is 343 g/mol. The van der Waals surface area contributed by atoms with Crippen LogP contribution in [-0.4, -0.2) is 55.1 Å². The molecule has 0 saturated carbocycles. The fraction of sp³-hybridized carbons (Fsp3) is 0.579. The molecule has 3 aliphatic rings. The highest BCUT2D eigenvalue weighted by atomic mass is 16.5. The van der Waals surface area contributed by atoms with E-state index in [1.165, 1.54) is 0 Å². The van der Waals surface area contributed by atoms with Crippen LogP contribution < -0.4 is 10.6 Å². The molecule has 0 aliphatic carbocycles. The number of morpholine rings is 1. The number of carbonyl (C=O) groups is 2. The lowest BCUT2D eigenvalue weighted by molar-refractivity contribution is -0.141.